The predicted octanol–water partition coefficient (Wildman–Crippen LogP) is 2.01. The van der Waals surface area contributed by atoms with E-state index in [0.717, 1.165) is 30.0 Å². The molecule has 1 amide bonds. The second-order valence-corrected chi connectivity index (χ2v) is 6.28. The smallest absolute Gasteiger partial charge is 0.279 e. The number of quaternary nitrogens is 1. The van der Waals surface area contributed by atoms with E-state index in [1.807, 2.05) is 38.2 Å². The molecule has 128 valence electrons. The first-order valence-corrected chi connectivity index (χ1v) is 8.30. The van der Waals surface area contributed by atoms with Crippen molar-refractivity contribution in [2.24, 2.45) is 0 Å². The highest BCUT2D eigenvalue weighted by atomic mass is 16.5. The van der Waals surface area contributed by atoms with Crippen molar-refractivity contribution in [2.45, 2.75) is 20.3 Å². The number of ether oxygens (including phenoxy) is 1. The number of benzene rings is 2. The maximum absolute atomic E-state index is 12.2. The second-order valence-electron chi connectivity index (χ2n) is 6.28. The van der Waals surface area contributed by atoms with Crippen molar-refractivity contribution in [2.75, 3.05) is 32.6 Å². The van der Waals surface area contributed by atoms with Gasteiger partial charge >= 0.3 is 0 Å². The monoisotopic (exact) mass is 327 g/mol. The van der Waals surface area contributed by atoms with Gasteiger partial charge in [-0.2, -0.15) is 0 Å². The molecule has 0 aliphatic heterocycles. The maximum Gasteiger partial charge on any atom is 0.279 e. The number of carbonyl (C=O) groups excluding carboxylic acids is 1. The number of rotatable bonds is 7. The third kappa shape index (κ3) is 5.10. The average Bonchev–Trinajstić information content (AvgIpc) is 2.57. The van der Waals surface area contributed by atoms with Crippen molar-refractivity contribution in [3.8, 4) is 5.75 Å². The van der Waals surface area contributed by atoms with Crippen LogP contribution in [0.3, 0.4) is 0 Å². The van der Waals surface area contributed by atoms with Gasteiger partial charge in [0.25, 0.3) is 5.91 Å². The molecule has 0 aliphatic rings. The molecule has 2 aromatic rings. The molecule has 4 nitrogen and oxygen atoms in total. The molecule has 24 heavy (non-hydrogen) atoms. The summed E-state index contributed by atoms with van der Waals surface area (Å²) < 4.78 is 5.16. The zero-order valence-electron chi connectivity index (χ0n) is 15.0. The fourth-order valence-electron chi connectivity index (χ4n) is 2.59. The Hall–Kier alpha value is -2.33. The molecule has 0 bridgehead atoms. The molecule has 1 atom stereocenters. The molecule has 2 aromatic carbocycles. The van der Waals surface area contributed by atoms with Crippen molar-refractivity contribution in [3.05, 3.63) is 59.2 Å². The SMILES string of the molecule is COc1ccc(CC[NH+](C)CC(=O)Nc2cccc(C)c2C)cc1. The van der Waals surface area contributed by atoms with Crippen LogP contribution in [0.1, 0.15) is 16.7 Å². The van der Waals surface area contributed by atoms with Crippen LogP contribution in [0, 0.1) is 13.8 Å². The van der Waals surface area contributed by atoms with E-state index >= 15 is 0 Å². The van der Waals surface area contributed by atoms with E-state index in [9.17, 15) is 4.79 Å². The largest absolute Gasteiger partial charge is 0.497 e. The van der Waals surface area contributed by atoms with Crippen LogP contribution in [0.4, 0.5) is 5.69 Å². The van der Waals surface area contributed by atoms with Crippen molar-refractivity contribution in [1.82, 2.24) is 0 Å². The summed E-state index contributed by atoms with van der Waals surface area (Å²) in [6, 6.07) is 14.1. The molecular weight excluding hydrogens is 300 g/mol. The lowest BCUT2D eigenvalue weighted by molar-refractivity contribution is -0.870. The molecule has 0 saturated carbocycles. The molecule has 1 unspecified atom stereocenters. The average molecular weight is 327 g/mol. The van der Waals surface area contributed by atoms with Crippen LogP contribution in [0.25, 0.3) is 0 Å². The number of amides is 1. The number of likely N-dealkylation sites (N-methyl/N-ethyl adjacent to an activating group) is 1. The van der Waals surface area contributed by atoms with E-state index in [1.54, 1.807) is 7.11 Å². The summed E-state index contributed by atoms with van der Waals surface area (Å²) in [6.07, 6.45) is 0.937. The van der Waals surface area contributed by atoms with Crippen LogP contribution < -0.4 is 15.0 Å². The minimum atomic E-state index is 0.0518. The molecule has 2 rings (SSSR count). The van der Waals surface area contributed by atoms with Gasteiger partial charge in [-0.3, -0.25) is 4.79 Å². The van der Waals surface area contributed by atoms with Crippen LogP contribution >= 0.6 is 0 Å². The van der Waals surface area contributed by atoms with Gasteiger partial charge in [-0.1, -0.05) is 24.3 Å². The topological polar surface area (TPSA) is 42.8 Å². The van der Waals surface area contributed by atoms with Crippen molar-refractivity contribution in [3.63, 3.8) is 0 Å². The Balaban J connectivity index is 1.81. The van der Waals surface area contributed by atoms with E-state index < -0.39 is 0 Å². The highest BCUT2D eigenvalue weighted by Crippen LogP contribution is 2.17. The van der Waals surface area contributed by atoms with Crippen LogP contribution in [0.15, 0.2) is 42.5 Å². The molecule has 0 radical (unpaired) electrons. The zero-order valence-corrected chi connectivity index (χ0v) is 15.0. The first kappa shape index (κ1) is 18.0. The first-order valence-electron chi connectivity index (χ1n) is 8.30. The van der Waals surface area contributed by atoms with Crippen LogP contribution in [-0.4, -0.2) is 33.2 Å². The Labute approximate surface area is 144 Å². The van der Waals surface area contributed by atoms with E-state index in [4.69, 9.17) is 4.74 Å². The minimum Gasteiger partial charge on any atom is -0.497 e. The lowest BCUT2D eigenvalue weighted by atomic mass is 10.1. The summed E-state index contributed by atoms with van der Waals surface area (Å²) in [4.78, 5) is 13.4. The number of hydrogen-bond donors (Lipinski definition) is 2. The van der Waals surface area contributed by atoms with Gasteiger partial charge in [0, 0.05) is 12.1 Å². The van der Waals surface area contributed by atoms with Crippen LogP contribution in [0.2, 0.25) is 0 Å². The zero-order chi connectivity index (χ0) is 17.5. The summed E-state index contributed by atoms with van der Waals surface area (Å²) in [5.74, 6) is 0.920. The molecule has 0 aliphatic carbocycles. The quantitative estimate of drug-likeness (QED) is 0.817. The number of carbonyl (C=O) groups is 1. The minimum absolute atomic E-state index is 0.0518. The Bertz CT molecular complexity index is 681. The van der Waals surface area contributed by atoms with Gasteiger partial charge in [0.1, 0.15) is 5.75 Å². The third-order valence-corrected chi connectivity index (χ3v) is 4.34. The number of nitrogens with one attached hydrogen (secondary N) is 2. The Kier molecular flexibility index (Phi) is 6.38. The molecule has 0 heterocycles. The highest BCUT2D eigenvalue weighted by molar-refractivity contribution is 5.92. The fraction of sp³-hybridized carbons (Fsp3) is 0.350. The van der Waals surface area contributed by atoms with Crippen LogP contribution in [0.5, 0.6) is 5.75 Å². The molecule has 0 saturated heterocycles. The molecule has 0 fully saturated rings. The van der Waals surface area contributed by atoms with Gasteiger partial charge in [0.15, 0.2) is 6.54 Å². The molecular formula is C20H27N2O2+. The maximum atomic E-state index is 12.2. The second kappa shape index (κ2) is 8.50. The Morgan fingerprint density at radius 2 is 1.83 bits per heavy atom. The fourth-order valence-corrected chi connectivity index (χ4v) is 2.59. The van der Waals surface area contributed by atoms with Gasteiger partial charge in [0.2, 0.25) is 0 Å². The first-order chi connectivity index (χ1) is 11.5. The Morgan fingerprint density at radius 3 is 2.50 bits per heavy atom. The molecule has 0 aromatic heterocycles. The van der Waals surface area contributed by atoms with Gasteiger partial charge in [-0.25, -0.2) is 0 Å². The van der Waals surface area contributed by atoms with E-state index in [0.29, 0.717) is 6.54 Å². The van der Waals surface area contributed by atoms with E-state index in [1.165, 1.54) is 16.0 Å². The standard InChI is InChI=1S/C20H26N2O2/c1-15-6-5-7-19(16(15)2)21-20(23)14-22(3)13-12-17-8-10-18(24-4)11-9-17/h5-11H,12-14H2,1-4H3,(H,21,23)/p+1. The predicted molar refractivity (Wildman–Crippen MR) is 97.9 cm³/mol. The van der Waals surface area contributed by atoms with E-state index in [-0.39, 0.29) is 5.91 Å². The third-order valence-electron chi connectivity index (χ3n) is 4.34. The molecule has 4 heteroatoms. The summed E-state index contributed by atoms with van der Waals surface area (Å²) >= 11 is 0. The number of methoxy groups -OCH3 is 1. The lowest BCUT2D eigenvalue weighted by Gasteiger charge is -2.15. The summed E-state index contributed by atoms with van der Waals surface area (Å²) in [6.45, 7) is 5.46. The summed E-state index contributed by atoms with van der Waals surface area (Å²) in [5, 5.41) is 3.02. The molecule has 0 spiro atoms. The summed E-state index contributed by atoms with van der Waals surface area (Å²) in [7, 11) is 3.72. The Morgan fingerprint density at radius 1 is 1.12 bits per heavy atom. The lowest BCUT2D eigenvalue weighted by Crippen LogP contribution is -3.10. The van der Waals surface area contributed by atoms with E-state index in [2.05, 4.69) is 30.4 Å². The van der Waals surface area contributed by atoms with Crippen LogP contribution in [-0.2, 0) is 11.2 Å². The number of anilines is 1. The van der Waals surface area contributed by atoms with Gasteiger partial charge < -0.3 is 15.0 Å². The van der Waals surface area contributed by atoms with Gasteiger partial charge in [-0.15, -0.1) is 0 Å². The van der Waals surface area contributed by atoms with Gasteiger partial charge in [0.05, 0.1) is 20.7 Å². The van der Waals surface area contributed by atoms with Crippen molar-refractivity contribution < 1.29 is 14.4 Å². The normalized spacial score (nSPS) is 11.8. The van der Waals surface area contributed by atoms with Gasteiger partial charge in [-0.05, 0) is 48.7 Å². The summed E-state index contributed by atoms with van der Waals surface area (Å²) in [5.41, 5.74) is 4.47. The van der Waals surface area contributed by atoms with Crippen molar-refractivity contribution in [1.29, 1.82) is 0 Å². The molecule has 2 N–H and O–H groups in total. The van der Waals surface area contributed by atoms with Crippen molar-refractivity contribution >= 4 is 11.6 Å². The number of hydrogen-bond acceptors (Lipinski definition) is 2. The highest BCUT2D eigenvalue weighted by Gasteiger charge is 2.12. The number of aryl methyl sites for hydroxylation is 1.